The van der Waals surface area contributed by atoms with Crippen molar-refractivity contribution >= 4 is 27.5 Å². The molecule has 1 aromatic carbocycles. The molecule has 1 N–H and O–H groups in total. The second-order valence-corrected chi connectivity index (χ2v) is 6.02. The highest BCUT2D eigenvalue weighted by Crippen LogP contribution is 2.21. The maximum atomic E-state index is 6.19. The summed E-state index contributed by atoms with van der Waals surface area (Å²) in [4.78, 5) is 2.38. The number of hydrogen-bond donors (Lipinski definition) is 1. The zero-order valence-corrected chi connectivity index (χ0v) is 12.4. The molecule has 2 rings (SSSR count). The van der Waals surface area contributed by atoms with Crippen LogP contribution in [-0.4, -0.2) is 31.1 Å². The Balaban J connectivity index is 1.85. The van der Waals surface area contributed by atoms with Gasteiger partial charge in [-0.15, -0.1) is 0 Å². The fraction of sp³-hybridized carbons (Fsp3) is 0.538. The molecule has 1 fully saturated rings. The Morgan fingerprint density at radius 3 is 2.76 bits per heavy atom. The highest BCUT2D eigenvalue weighted by molar-refractivity contribution is 9.10. The van der Waals surface area contributed by atoms with Gasteiger partial charge in [0.2, 0.25) is 0 Å². The Morgan fingerprint density at radius 2 is 2.12 bits per heavy atom. The van der Waals surface area contributed by atoms with E-state index in [0.29, 0.717) is 6.04 Å². The summed E-state index contributed by atoms with van der Waals surface area (Å²) >= 11 is 9.61. The van der Waals surface area contributed by atoms with Gasteiger partial charge < -0.3 is 10.2 Å². The lowest BCUT2D eigenvalue weighted by molar-refractivity contribution is 0.234. The summed E-state index contributed by atoms with van der Waals surface area (Å²) in [6.45, 7) is 3.23. The van der Waals surface area contributed by atoms with Crippen molar-refractivity contribution in [2.24, 2.45) is 0 Å². The first-order chi connectivity index (χ1) is 8.15. The molecule has 0 amide bonds. The van der Waals surface area contributed by atoms with Crippen LogP contribution in [0.3, 0.4) is 0 Å². The van der Waals surface area contributed by atoms with Crippen molar-refractivity contribution in [3.05, 3.63) is 33.3 Å². The molecule has 1 heterocycles. The molecule has 0 bridgehead atoms. The van der Waals surface area contributed by atoms with Gasteiger partial charge in [-0.25, -0.2) is 0 Å². The van der Waals surface area contributed by atoms with E-state index in [-0.39, 0.29) is 0 Å². The van der Waals surface area contributed by atoms with Gasteiger partial charge in [0.15, 0.2) is 0 Å². The third-order valence-corrected chi connectivity index (χ3v) is 4.16. The molecule has 0 aromatic heterocycles. The van der Waals surface area contributed by atoms with Crippen molar-refractivity contribution in [2.45, 2.75) is 25.4 Å². The summed E-state index contributed by atoms with van der Waals surface area (Å²) in [5, 5.41) is 4.43. The first-order valence-electron chi connectivity index (χ1n) is 6.01. The minimum Gasteiger partial charge on any atom is -0.310 e. The fourth-order valence-electron chi connectivity index (χ4n) is 2.13. The van der Waals surface area contributed by atoms with Crippen molar-refractivity contribution in [2.75, 3.05) is 20.1 Å². The van der Waals surface area contributed by atoms with E-state index in [9.17, 15) is 0 Å². The summed E-state index contributed by atoms with van der Waals surface area (Å²) in [6.07, 6.45) is 2.45. The topological polar surface area (TPSA) is 15.3 Å². The Morgan fingerprint density at radius 1 is 1.41 bits per heavy atom. The third-order valence-electron chi connectivity index (χ3n) is 3.31. The van der Waals surface area contributed by atoms with E-state index in [1.807, 2.05) is 12.1 Å². The second kappa shape index (κ2) is 6.19. The summed E-state index contributed by atoms with van der Waals surface area (Å²) in [5.41, 5.74) is 1.17. The van der Waals surface area contributed by atoms with E-state index in [0.717, 1.165) is 16.0 Å². The summed E-state index contributed by atoms with van der Waals surface area (Å²) in [6, 6.07) is 6.70. The lowest BCUT2D eigenvalue weighted by atomic mass is 10.1. The van der Waals surface area contributed by atoms with Crippen LogP contribution in [0.25, 0.3) is 0 Å². The Hall–Kier alpha value is -0.0900. The van der Waals surface area contributed by atoms with E-state index in [1.54, 1.807) is 0 Å². The molecule has 0 atom stereocenters. The van der Waals surface area contributed by atoms with Crippen molar-refractivity contribution in [1.29, 1.82) is 0 Å². The molecule has 0 aliphatic carbocycles. The van der Waals surface area contributed by atoms with Crippen LogP contribution >= 0.6 is 27.5 Å². The Bertz CT molecular complexity index is 376. The molecule has 1 aliphatic rings. The standard InChI is InChI=1S/C13H18BrClN2/c1-17-6-4-12(5-7-17)16-9-10-2-3-11(14)8-13(10)15/h2-3,8,12,16H,4-7,9H2,1H3. The van der Waals surface area contributed by atoms with Gasteiger partial charge in [-0.05, 0) is 50.7 Å². The summed E-state index contributed by atoms with van der Waals surface area (Å²) in [5.74, 6) is 0. The zero-order valence-electron chi connectivity index (χ0n) is 10.0. The van der Waals surface area contributed by atoms with E-state index >= 15 is 0 Å². The number of benzene rings is 1. The minimum atomic E-state index is 0.630. The van der Waals surface area contributed by atoms with Gasteiger partial charge in [0.05, 0.1) is 0 Å². The Labute approximate surface area is 116 Å². The van der Waals surface area contributed by atoms with Gasteiger partial charge in [-0.3, -0.25) is 0 Å². The van der Waals surface area contributed by atoms with E-state index < -0.39 is 0 Å². The van der Waals surface area contributed by atoms with Crippen LogP contribution in [0.15, 0.2) is 22.7 Å². The fourth-order valence-corrected chi connectivity index (χ4v) is 2.87. The van der Waals surface area contributed by atoms with Crippen LogP contribution in [0.5, 0.6) is 0 Å². The number of likely N-dealkylation sites (tertiary alicyclic amines) is 1. The van der Waals surface area contributed by atoms with Crippen LogP contribution in [0, 0.1) is 0 Å². The lowest BCUT2D eigenvalue weighted by Gasteiger charge is -2.29. The average molecular weight is 318 g/mol. The predicted molar refractivity (Wildman–Crippen MR) is 76.5 cm³/mol. The first-order valence-corrected chi connectivity index (χ1v) is 7.18. The monoisotopic (exact) mass is 316 g/mol. The molecule has 17 heavy (non-hydrogen) atoms. The molecule has 0 unspecified atom stereocenters. The van der Waals surface area contributed by atoms with Gasteiger partial charge in [0.25, 0.3) is 0 Å². The van der Waals surface area contributed by atoms with Gasteiger partial charge in [-0.1, -0.05) is 33.6 Å². The zero-order chi connectivity index (χ0) is 12.3. The first kappa shape index (κ1) is 13.3. The molecule has 2 nitrogen and oxygen atoms in total. The van der Waals surface area contributed by atoms with Crippen molar-refractivity contribution < 1.29 is 0 Å². The SMILES string of the molecule is CN1CCC(NCc2ccc(Br)cc2Cl)CC1. The van der Waals surface area contributed by atoms with Gasteiger partial charge in [0, 0.05) is 22.1 Å². The molecular weight excluding hydrogens is 300 g/mol. The van der Waals surface area contributed by atoms with Crippen LogP contribution in [0.4, 0.5) is 0 Å². The summed E-state index contributed by atoms with van der Waals surface area (Å²) in [7, 11) is 2.18. The van der Waals surface area contributed by atoms with Crippen LogP contribution in [0.1, 0.15) is 18.4 Å². The predicted octanol–water partition coefficient (Wildman–Crippen LogP) is 3.29. The lowest BCUT2D eigenvalue weighted by Crippen LogP contribution is -2.40. The molecule has 0 spiro atoms. The van der Waals surface area contributed by atoms with Gasteiger partial charge >= 0.3 is 0 Å². The third kappa shape index (κ3) is 3.95. The number of nitrogens with one attached hydrogen (secondary N) is 1. The van der Waals surface area contributed by atoms with Crippen LogP contribution < -0.4 is 5.32 Å². The number of piperidine rings is 1. The van der Waals surface area contributed by atoms with Crippen molar-refractivity contribution in [3.63, 3.8) is 0 Å². The van der Waals surface area contributed by atoms with Gasteiger partial charge in [-0.2, -0.15) is 0 Å². The molecule has 0 radical (unpaired) electrons. The number of nitrogens with zero attached hydrogens (tertiary/aromatic N) is 1. The van der Waals surface area contributed by atoms with Gasteiger partial charge in [0.1, 0.15) is 0 Å². The quantitative estimate of drug-likeness (QED) is 0.920. The maximum absolute atomic E-state index is 6.19. The number of hydrogen-bond acceptors (Lipinski definition) is 2. The van der Waals surface area contributed by atoms with Crippen LogP contribution in [0.2, 0.25) is 5.02 Å². The number of rotatable bonds is 3. The smallest absolute Gasteiger partial charge is 0.0462 e. The maximum Gasteiger partial charge on any atom is 0.0462 e. The second-order valence-electron chi connectivity index (χ2n) is 4.69. The van der Waals surface area contributed by atoms with E-state index in [2.05, 4.69) is 39.3 Å². The highest BCUT2D eigenvalue weighted by Gasteiger charge is 2.16. The highest BCUT2D eigenvalue weighted by atomic mass is 79.9. The van der Waals surface area contributed by atoms with Crippen molar-refractivity contribution in [1.82, 2.24) is 10.2 Å². The molecular formula is C13H18BrClN2. The molecule has 1 aliphatic heterocycles. The van der Waals surface area contributed by atoms with Crippen molar-refractivity contribution in [3.8, 4) is 0 Å². The average Bonchev–Trinajstić information content (AvgIpc) is 2.30. The minimum absolute atomic E-state index is 0.630. The normalized spacial score (nSPS) is 18.5. The molecule has 4 heteroatoms. The van der Waals surface area contributed by atoms with E-state index in [4.69, 9.17) is 11.6 Å². The summed E-state index contributed by atoms with van der Waals surface area (Å²) < 4.78 is 1.03. The molecule has 1 aromatic rings. The van der Waals surface area contributed by atoms with E-state index in [1.165, 1.54) is 31.5 Å². The largest absolute Gasteiger partial charge is 0.310 e. The Kier molecular flexibility index (Phi) is 4.86. The van der Waals surface area contributed by atoms with Crippen LogP contribution in [-0.2, 0) is 6.54 Å². The molecule has 1 saturated heterocycles. The number of halogens is 2. The molecule has 94 valence electrons. The molecule has 0 saturated carbocycles.